The van der Waals surface area contributed by atoms with Crippen LogP contribution in [0, 0.1) is 11.6 Å². The second kappa shape index (κ2) is 11.8. The van der Waals surface area contributed by atoms with E-state index >= 15 is 4.39 Å². The van der Waals surface area contributed by atoms with Crippen molar-refractivity contribution < 1.29 is 23.0 Å². The van der Waals surface area contributed by atoms with Crippen LogP contribution in [-0.4, -0.2) is 35.7 Å². The summed E-state index contributed by atoms with van der Waals surface area (Å²) in [6, 6.07) is 18.2. The van der Waals surface area contributed by atoms with E-state index in [1.54, 1.807) is 42.1 Å². The summed E-state index contributed by atoms with van der Waals surface area (Å²) in [5.41, 5.74) is 1.79. The molecule has 39 heavy (non-hydrogen) atoms. The fourth-order valence-corrected chi connectivity index (χ4v) is 5.37. The molecule has 0 bridgehead atoms. The smallest absolute Gasteiger partial charge is 0.247 e. The highest BCUT2D eigenvalue weighted by molar-refractivity contribution is 5.85. The monoisotopic (exact) mass is 531 g/mol. The van der Waals surface area contributed by atoms with E-state index in [0.717, 1.165) is 37.3 Å². The van der Waals surface area contributed by atoms with Crippen molar-refractivity contribution in [2.75, 3.05) is 14.2 Å². The fraction of sp³-hybridized carbons (Fsp3) is 0.290. The molecule has 1 aliphatic carbocycles. The maximum absolute atomic E-state index is 15.7. The van der Waals surface area contributed by atoms with Crippen LogP contribution in [0.2, 0.25) is 0 Å². The number of methoxy groups -OCH3 is 2. The molecule has 1 heterocycles. The van der Waals surface area contributed by atoms with Gasteiger partial charge in [0, 0.05) is 25.5 Å². The number of ether oxygens (including phenoxy) is 2. The van der Waals surface area contributed by atoms with Crippen LogP contribution >= 0.6 is 0 Å². The molecule has 1 fully saturated rings. The normalized spacial score (nSPS) is 15.2. The highest BCUT2D eigenvalue weighted by atomic mass is 19.2. The fourth-order valence-electron chi connectivity index (χ4n) is 5.37. The Hall–Kier alpha value is -4.04. The molecule has 0 aliphatic heterocycles. The largest absolute Gasteiger partial charge is 0.497 e. The van der Waals surface area contributed by atoms with Crippen molar-refractivity contribution in [1.82, 2.24) is 14.9 Å². The van der Waals surface area contributed by atoms with E-state index in [-0.39, 0.29) is 23.3 Å². The Labute approximate surface area is 226 Å². The highest BCUT2D eigenvalue weighted by Gasteiger charge is 2.31. The van der Waals surface area contributed by atoms with Gasteiger partial charge in [0.05, 0.1) is 12.7 Å². The standard InChI is InChI=1S/C31H31F2N3O3/c1-38-23-14-12-20(13-15-23)28(31(37)35-22-10-6-7-11-22)36-19-18-34-30(36)26-24(16-17-25(32)27(26)33)29(39-2)21-8-4-3-5-9-21/h3-5,8-9,12-19,22,28-29H,6-7,10-11H2,1-2H3,(H,35,37). The molecule has 1 N–H and O–H groups in total. The van der Waals surface area contributed by atoms with Gasteiger partial charge in [-0.15, -0.1) is 0 Å². The SMILES string of the molecule is COc1ccc(C(C(=O)NC2CCCC2)n2ccnc2-c2c(C(OC)c3ccccc3)ccc(F)c2F)cc1. The molecule has 0 saturated heterocycles. The van der Waals surface area contributed by atoms with Gasteiger partial charge in [0.1, 0.15) is 23.7 Å². The summed E-state index contributed by atoms with van der Waals surface area (Å²) in [5.74, 6) is -1.53. The summed E-state index contributed by atoms with van der Waals surface area (Å²) in [5, 5.41) is 3.16. The first-order valence-corrected chi connectivity index (χ1v) is 13.0. The van der Waals surface area contributed by atoms with E-state index in [2.05, 4.69) is 10.3 Å². The number of carbonyl (C=O) groups excluding carboxylic acids is 1. The van der Waals surface area contributed by atoms with Crippen molar-refractivity contribution in [2.24, 2.45) is 0 Å². The Balaban J connectivity index is 1.65. The Bertz CT molecular complexity index is 1420. The highest BCUT2D eigenvalue weighted by Crippen LogP contribution is 2.38. The first kappa shape index (κ1) is 26.6. The molecule has 3 aromatic carbocycles. The van der Waals surface area contributed by atoms with Crippen molar-refractivity contribution in [3.63, 3.8) is 0 Å². The Morgan fingerprint density at radius 3 is 2.36 bits per heavy atom. The number of imidazole rings is 1. The van der Waals surface area contributed by atoms with Crippen molar-refractivity contribution in [2.45, 2.75) is 43.9 Å². The number of hydrogen-bond donors (Lipinski definition) is 1. The lowest BCUT2D eigenvalue weighted by Crippen LogP contribution is -2.39. The van der Waals surface area contributed by atoms with Crippen LogP contribution in [0.4, 0.5) is 8.78 Å². The molecule has 4 aromatic rings. The zero-order chi connectivity index (χ0) is 27.4. The molecule has 2 unspecified atom stereocenters. The van der Waals surface area contributed by atoms with Gasteiger partial charge in [0.15, 0.2) is 11.6 Å². The average Bonchev–Trinajstić information content (AvgIpc) is 3.65. The van der Waals surface area contributed by atoms with Gasteiger partial charge in [0.25, 0.3) is 0 Å². The summed E-state index contributed by atoms with van der Waals surface area (Å²) >= 11 is 0. The van der Waals surface area contributed by atoms with E-state index in [1.165, 1.54) is 19.4 Å². The van der Waals surface area contributed by atoms with Gasteiger partial charge in [-0.25, -0.2) is 13.8 Å². The molecule has 6 nitrogen and oxygen atoms in total. The Kier molecular flexibility index (Phi) is 8.02. The number of halogens is 2. The third-order valence-electron chi connectivity index (χ3n) is 7.30. The van der Waals surface area contributed by atoms with Gasteiger partial charge in [-0.2, -0.15) is 0 Å². The quantitative estimate of drug-likeness (QED) is 0.279. The molecule has 8 heteroatoms. The molecule has 1 amide bonds. The summed E-state index contributed by atoms with van der Waals surface area (Å²) in [4.78, 5) is 18.3. The van der Waals surface area contributed by atoms with Crippen molar-refractivity contribution in [3.8, 4) is 17.1 Å². The predicted molar refractivity (Wildman–Crippen MR) is 144 cm³/mol. The van der Waals surface area contributed by atoms with Gasteiger partial charge in [-0.3, -0.25) is 4.79 Å². The summed E-state index contributed by atoms with van der Waals surface area (Å²) in [7, 11) is 3.09. The second-order valence-corrected chi connectivity index (χ2v) is 9.68. The van der Waals surface area contributed by atoms with Crippen molar-refractivity contribution in [3.05, 3.63) is 107 Å². The number of amides is 1. The van der Waals surface area contributed by atoms with E-state index in [9.17, 15) is 9.18 Å². The van der Waals surface area contributed by atoms with Crippen LogP contribution in [0.5, 0.6) is 5.75 Å². The lowest BCUT2D eigenvalue weighted by atomic mass is 9.95. The van der Waals surface area contributed by atoms with Gasteiger partial charge in [0.2, 0.25) is 5.91 Å². The van der Waals surface area contributed by atoms with Crippen molar-refractivity contribution in [1.29, 1.82) is 0 Å². The molecule has 2 atom stereocenters. The van der Waals surface area contributed by atoms with Gasteiger partial charge < -0.3 is 19.4 Å². The Morgan fingerprint density at radius 1 is 0.974 bits per heavy atom. The number of hydrogen-bond acceptors (Lipinski definition) is 4. The zero-order valence-electron chi connectivity index (χ0n) is 21.9. The molecule has 0 radical (unpaired) electrons. The van der Waals surface area contributed by atoms with Crippen LogP contribution in [-0.2, 0) is 9.53 Å². The molecular weight excluding hydrogens is 500 g/mol. The van der Waals surface area contributed by atoms with E-state index in [4.69, 9.17) is 9.47 Å². The van der Waals surface area contributed by atoms with Crippen LogP contribution in [0.15, 0.2) is 79.1 Å². The van der Waals surface area contributed by atoms with E-state index in [0.29, 0.717) is 16.9 Å². The third-order valence-corrected chi connectivity index (χ3v) is 7.30. The van der Waals surface area contributed by atoms with Gasteiger partial charge in [-0.05, 0) is 47.7 Å². The topological polar surface area (TPSA) is 65.4 Å². The first-order chi connectivity index (χ1) is 19.0. The minimum atomic E-state index is -1.05. The number of rotatable bonds is 9. The number of benzene rings is 3. The lowest BCUT2D eigenvalue weighted by Gasteiger charge is -2.25. The molecule has 1 aromatic heterocycles. The second-order valence-electron chi connectivity index (χ2n) is 9.68. The molecular formula is C31H31F2N3O3. The summed E-state index contributed by atoms with van der Waals surface area (Å²) in [6.07, 6.45) is 6.37. The number of aromatic nitrogens is 2. The van der Waals surface area contributed by atoms with E-state index in [1.807, 2.05) is 30.3 Å². The summed E-state index contributed by atoms with van der Waals surface area (Å²) < 4.78 is 43.1. The minimum absolute atomic E-state index is 0.0529. The van der Waals surface area contributed by atoms with Crippen LogP contribution in [0.3, 0.4) is 0 Å². The third kappa shape index (κ3) is 5.43. The number of carbonyl (C=O) groups is 1. The maximum atomic E-state index is 15.7. The summed E-state index contributed by atoms with van der Waals surface area (Å²) in [6.45, 7) is 0. The molecule has 5 rings (SSSR count). The first-order valence-electron chi connectivity index (χ1n) is 13.0. The molecule has 0 spiro atoms. The predicted octanol–water partition coefficient (Wildman–Crippen LogP) is 6.22. The zero-order valence-corrected chi connectivity index (χ0v) is 21.9. The number of nitrogens with one attached hydrogen (secondary N) is 1. The Morgan fingerprint density at radius 2 is 1.69 bits per heavy atom. The number of nitrogens with zero attached hydrogens (tertiary/aromatic N) is 2. The molecule has 202 valence electrons. The van der Waals surface area contributed by atoms with Gasteiger partial charge in [-0.1, -0.05) is 61.4 Å². The lowest BCUT2D eigenvalue weighted by molar-refractivity contribution is -0.123. The minimum Gasteiger partial charge on any atom is -0.497 e. The van der Waals surface area contributed by atoms with Crippen molar-refractivity contribution >= 4 is 5.91 Å². The average molecular weight is 532 g/mol. The molecule has 1 aliphatic rings. The maximum Gasteiger partial charge on any atom is 0.247 e. The van der Waals surface area contributed by atoms with E-state index < -0.39 is 23.8 Å². The van der Waals surface area contributed by atoms with Crippen LogP contribution < -0.4 is 10.1 Å². The van der Waals surface area contributed by atoms with Gasteiger partial charge >= 0.3 is 0 Å². The van der Waals surface area contributed by atoms with Crippen LogP contribution in [0.25, 0.3) is 11.4 Å². The molecule has 1 saturated carbocycles. The van der Waals surface area contributed by atoms with Crippen LogP contribution in [0.1, 0.15) is 54.5 Å².